The molecule has 1 aromatic heterocycles. The Hall–Kier alpha value is -2.30. The van der Waals surface area contributed by atoms with Gasteiger partial charge in [-0.05, 0) is 49.7 Å². The van der Waals surface area contributed by atoms with Gasteiger partial charge in [0.2, 0.25) is 0 Å². The maximum atomic E-state index is 13.0. The van der Waals surface area contributed by atoms with E-state index < -0.39 is 6.10 Å². The summed E-state index contributed by atoms with van der Waals surface area (Å²) in [5, 5.41) is 2.70. The van der Waals surface area contributed by atoms with Gasteiger partial charge in [-0.3, -0.25) is 4.79 Å². The van der Waals surface area contributed by atoms with E-state index in [4.69, 9.17) is 9.15 Å². The summed E-state index contributed by atoms with van der Waals surface area (Å²) in [4.78, 5) is 11.9. The number of amides is 1. The average Bonchev–Trinajstić information content (AvgIpc) is 2.92. The number of nitrogens with one attached hydrogen (secondary N) is 1. The normalized spacial score (nSPS) is 11.9. The molecule has 0 saturated heterocycles. The fraction of sp³-hybridized carbons (Fsp3) is 0.267. The molecular formula is C15H16FNO3. The van der Waals surface area contributed by atoms with Crippen LogP contribution in [0.1, 0.15) is 18.2 Å². The minimum Gasteiger partial charge on any atom is -0.481 e. The lowest BCUT2D eigenvalue weighted by atomic mass is 10.2. The summed E-state index contributed by atoms with van der Waals surface area (Å²) in [7, 11) is 0. The molecule has 0 fully saturated rings. The van der Waals surface area contributed by atoms with E-state index in [0.717, 1.165) is 0 Å². The lowest BCUT2D eigenvalue weighted by Gasteiger charge is -2.15. The average molecular weight is 277 g/mol. The van der Waals surface area contributed by atoms with Gasteiger partial charge in [0.1, 0.15) is 17.3 Å². The minimum absolute atomic E-state index is 0.259. The van der Waals surface area contributed by atoms with E-state index in [9.17, 15) is 9.18 Å². The van der Waals surface area contributed by atoms with Crippen LogP contribution < -0.4 is 10.1 Å². The second kappa shape index (κ2) is 6.23. The largest absolute Gasteiger partial charge is 0.481 e. The number of ether oxygens (including phenoxy) is 1. The smallest absolute Gasteiger partial charge is 0.261 e. The molecule has 1 unspecified atom stereocenters. The summed E-state index contributed by atoms with van der Waals surface area (Å²) in [5.41, 5.74) is 0.649. The van der Waals surface area contributed by atoms with Gasteiger partial charge in [-0.1, -0.05) is 0 Å². The predicted molar refractivity (Wildman–Crippen MR) is 71.8 cm³/mol. The molecule has 1 aromatic carbocycles. The number of halogens is 1. The lowest BCUT2D eigenvalue weighted by molar-refractivity contribution is -0.127. The monoisotopic (exact) mass is 277 g/mol. The molecule has 1 N–H and O–H groups in total. The van der Waals surface area contributed by atoms with Crippen molar-refractivity contribution in [1.29, 1.82) is 0 Å². The Balaban J connectivity index is 1.90. The maximum Gasteiger partial charge on any atom is 0.261 e. The van der Waals surface area contributed by atoms with Gasteiger partial charge in [0, 0.05) is 0 Å². The van der Waals surface area contributed by atoms with Crippen LogP contribution in [0.15, 0.2) is 41.0 Å². The van der Waals surface area contributed by atoms with E-state index in [1.165, 1.54) is 18.2 Å². The molecule has 0 spiro atoms. The molecule has 0 aliphatic carbocycles. The van der Waals surface area contributed by atoms with Crippen LogP contribution in [0.3, 0.4) is 0 Å². The third kappa shape index (κ3) is 3.60. The number of hydrogen-bond acceptors (Lipinski definition) is 3. The first-order chi connectivity index (χ1) is 9.56. The van der Waals surface area contributed by atoms with Gasteiger partial charge in [-0.2, -0.15) is 0 Å². The van der Waals surface area contributed by atoms with Gasteiger partial charge in [0.25, 0.3) is 5.91 Å². The van der Waals surface area contributed by atoms with Crippen molar-refractivity contribution in [2.24, 2.45) is 0 Å². The Morgan fingerprint density at radius 1 is 1.45 bits per heavy atom. The van der Waals surface area contributed by atoms with Gasteiger partial charge < -0.3 is 14.5 Å². The van der Waals surface area contributed by atoms with Gasteiger partial charge in [-0.25, -0.2) is 4.39 Å². The Morgan fingerprint density at radius 2 is 2.25 bits per heavy atom. The molecule has 0 radical (unpaired) electrons. The van der Waals surface area contributed by atoms with Crippen LogP contribution >= 0.6 is 0 Å². The van der Waals surface area contributed by atoms with Crippen LogP contribution in [-0.4, -0.2) is 12.0 Å². The number of furan rings is 1. The van der Waals surface area contributed by atoms with Crippen LogP contribution in [0.2, 0.25) is 0 Å². The summed E-state index contributed by atoms with van der Waals surface area (Å²) in [6, 6.07) is 7.71. The topological polar surface area (TPSA) is 51.5 Å². The van der Waals surface area contributed by atoms with E-state index in [2.05, 4.69) is 5.32 Å². The number of hydrogen-bond donors (Lipinski definition) is 1. The predicted octanol–water partition coefficient (Wildman–Crippen LogP) is 2.81. The number of rotatable bonds is 5. The lowest BCUT2D eigenvalue weighted by Crippen LogP contribution is -2.35. The Kier molecular flexibility index (Phi) is 4.40. The standard InChI is InChI=1S/C15H16FNO3/c1-10-8-12(16)5-6-14(10)20-11(2)15(18)17-9-13-4-3-7-19-13/h3-8,11H,9H2,1-2H3,(H,17,18). The van der Waals surface area contributed by atoms with E-state index in [1.807, 2.05) is 0 Å². The van der Waals surface area contributed by atoms with Gasteiger partial charge in [-0.15, -0.1) is 0 Å². The molecule has 0 saturated carbocycles. The number of carbonyl (C=O) groups excluding carboxylic acids is 1. The van der Waals surface area contributed by atoms with E-state index >= 15 is 0 Å². The maximum absolute atomic E-state index is 13.0. The number of aryl methyl sites for hydroxylation is 1. The first-order valence-electron chi connectivity index (χ1n) is 6.29. The van der Waals surface area contributed by atoms with Crippen LogP contribution in [0.5, 0.6) is 5.75 Å². The summed E-state index contributed by atoms with van der Waals surface area (Å²) in [6.45, 7) is 3.67. The van der Waals surface area contributed by atoms with E-state index in [0.29, 0.717) is 23.6 Å². The minimum atomic E-state index is -0.672. The quantitative estimate of drug-likeness (QED) is 0.914. The van der Waals surface area contributed by atoms with Crippen molar-refractivity contribution in [2.45, 2.75) is 26.5 Å². The third-order valence-corrected chi connectivity index (χ3v) is 2.83. The Labute approximate surface area is 116 Å². The SMILES string of the molecule is Cc1cc(F)ccc1OC(C)C(=O)NCc1ccco1. The molecule has 4 nitrogen and oxygen atoms in total. The summed E-state index contributed by atoms with van der Waals surface area (Å²) in [6.07, 6.45) is 0.873. The molecule has 0 aliphatic heterocycles. The molecule has 5 heteroatoms. The van der Waals surface area contributed by atoms with Crippen molar-refractivity contribution < 1.29 is 18.3 Å². The highest BCUT2D eigenvalue weighted by atomic mass is 19.1. The molecular weight excluding hydrogens is 261 g/mol. The zero-order chi connectivity index (χ0) is 14.5. The number of carbonyl (C=O) groups is 1. The van der Waals surface area contributed by atoms with E-state index in [-0.39, 0.29) is 11.7 Å². The first kappa shape index (κ1) is 14.1. The molecule has 1 heterocycles. The first-order valence-corrected chi connectivity index (χ1v) is 6.29. The van der Waals surface area contributed by atoms with Crippen molar-refractivity contribution in [3.05, 3.63) is 53.7 Å². The molecule has 20 heavy (non-hydrogen) atoms. The van der Waals surface area contributed by atoms with Crippen molar-refractivity contribution in [2.75, 3.05) is 0 Å². The summed E-state index contributed by atoms with van der Waals surface area (Å²) >= 11 is 0. The fourth-order valence-electron chi connectivity index (χ4n) is 1.72. The summed E-state index contributed by atoms with van der Waals surface area (Å²) in [5.74, 6) is 0.575. The van der Waals surface area contributed by atoms with Crippen molar-refractivity contribution in [3.8, 4) is 5.75 Å². The molecule has 2 aromatic rings. The van der Waals surface area contributed by atoms with Crippen LogP contribution in [0, 0.1) is 12.7 Å². The molecule has 0 bridgehead atoms. The van der Waals surface area contributed by atoms with Crippen molar-refractivity contribution in [1.82, 2.24) is 5.32 Å². The zero-order valence-corrected chi connectivity index (χ0v) is 11.4. The van der Waals surface area contributed by atoms with Gasteiger partial charge in [0.05, 0.1) is 12.8 Å². The Morgan fingerprint density at radius 3 is 2.90 bits per heavy atom. The molecule has 1 amide bonds. The highest BCUT2D eigenvalue weighted by Gasteiger charge is 2.15. The highest BCUT2D eigenvalue weighted by Crippen LogP contribution is 2.19. The molecule has 2 rings (SSSR count). The summed E-state index contributed by atoms with van der Waals surface area (Å²) < 4.78 is 23.6. The van der Waals surface area contributed by atoms with Gasteiger partial charge >= 0.3 is 0 Å². The highest BCUT2D eigenvalue weighted by molar-refractivity contribution is 5.80. The van der Waals surface area contributed by atoms with E-state index in [1.54, 1.807) is 32.2 Å². The Bertz CT molecular complexity index is 581. The number of benzene rings is 1. The molecule has 0 aliphatic rings. The molecule has 106 valence electrons. The zero-order valence-electron chi connectivity index (χ0n) is 11.4. The van der Waals surface area contributed by atoms with Crippen molar-refractivity contribution >= 4 is 5.91 Å². The molecule has 1 atom stereocenters. The second-order valence-corrected chi connectivity index (χ2v) is 4.47. The van der Waals surface area contributed by atoms with Crippen molar-refractivity contribution in [3.63, 3.8) is 0 Å². The van der Waals surface area contributed by atoms with Crippen LogP contribution in [0.4, 0.5) is 4.39 Å². The fourth-order valence-corrected chi connectivity index (χ4v) is 1.72. The van der Waals surface area contributed by atoms with Crippen LogP contribution in [0.25, 0.3) is 0 Å². The third-order valence-electron chi connectivity index (χ3n) is 2.83. The van der Waals surface area contributed by atoms with Gasteiger partial charge in [0.15, 0.2) is 6.10 Å². The van der Waals surface area contributed by atoms with Crippen LogP contribution in [-0.2, 0) is 11.3 Å². The second-order valence-electron chi connectivity index (χ2n) is 4.47.